The minimum atomic E-state index is -1.29. The molecular formula is C36H53N9O8. The maximum Gasteiger partial charge on any atom is 0.326 e. The zero-order valence-electron chi connectivity index (χ0n) is 30.5. The summed E-state index contributed by atoms with van der Waals surface area (Å²) in [5.74, 6) is -5.08. The largest absolute Gasteiger partial charge is 0.508 e. The highest BCUT2D eigenvalue weighted by molar-refractivity contribution is 5.96. The second-order valence-corrected chi connectivity index (χ2v) is 12.9. The summed E-state index contributed by atoms with van der Waals surface area (Å²) in [6.45, 7) is 6.67. The van der Waals surface area contributed by atoms with E-state index in [9.17, 15) is 39.0 Å². The molecule has 2 aromatic carbocycles. The zero-order valence-corrected chi connectivity index (χ0v) is 30.5. The topological polar surface area (TPSA) is 293 Å². The van der Waals surface area contributed by atoms with Crippen molar-refractivity contribution in [1.82, 2.24) is 26.6 Å². The molecule has 0 heterocycles. The minimum absolute atomic E-state index is 0.00483. The molecule has 7 atom stereocenters. The van der Waals surface area contributed by atoms with E-state index < -0.39 is 71.8 Å². The van der Waals surface area contributed by atoms with E-state index in [1.54, 1.807) is 42.5 Å². The fourth-order valence-corrected chi connectivity index (χ4v) is 5.03. The third-order valence-electron chi connectivity index (χ3n) is 8.55. The molecule has 0 aromatic heterocycles. The van der Waals surface area contributed by atoms with Gasteiger partial charge in [0.05, 0.1) is 6.04 Å². The molecule has 0 radical (unpaired) electrons. The van der Waals surface area contributed by atoms with Gasteiger partial charge in [-0.2, -0.15) is 0 Å². The Hall–Kier alpha value is -5.71. The van der Waals surface area contributed by atoms with Crippen molar-refractivity contribution in [3.05, 3.63) is 65.7 Å². The number of guanidine groups is 1. The van der Waals surface area contributed by atoms with Crippen molar-refractivity contribution >= 4 is 41.5 Å². The molecule has 17 nitrogen and oxygen atoms in total. The second kappa shape index (κ2) is 21.6. The number of nitrogens with two attached hydrogens (primary N) is 3. The predicted molar refractivity (Wildman–Crippen MR) is 198 cm³/mol. The summed E-state index contributed by atoms with van der Waals surface area (Å²) in [5.41, 5.74) is 17.9. The standard InChI is InChI=1S/C36H53N9O8/c1-5-20(2)29(37)34(51)42-22(4)31(48)44-28(19-24-13-15-25(46)16-14-24)33(50)45-27(18-23-10-7-6-8-11-23)32(49)41-21(3)30(47)43-26(35(52)53)12-9-17-40-36(38)39/h6-8,10-11,13-16,20-22,26-29,46H,5,9,12,17-19,37H2,1-4H3,(H,41,49)(H,42,51)(H,43,47)(H,44,48)(H,45,50)(H,52,53)(H4,38,39,40)/t20-,21-,22-,26-,27-,28-,29-/m0/s1. The Kier molecular flexibility index (Phi) is 17.7. The maximum absolute atomic E-state index is 13.9. The maximum atomic E-state index is 13.9. The number of carbonyl (C=O) groups is 6. The van der Waals surface area contributed by atoms with Crippen LogP contribution < -0.4 is 43.8 Å². The average molecular weight is 740 g/mol. The lowest BCUT2D eigenvalue weighted by atomic mass is 9.99. The smallest absolute Gasteiger partial charge is 0.326 e. The molecule has 0 spiro atoms. The summed E-state index contributed by atoms with van der Waals surface area (Å²) in [4.78, 5) is 82.1. The number of carbonyl (C=O) groups excluding carboxylic acids is 5. The van der Waals surface area contributed by atoms with Gasteiger partial charge in [0.2, 0.25) is 29.5 Å². The van der Waals surface area contributed by atoms with Crippen molar-refractivity contribution < 1.29 is 39.0 Å². The van der Waals surface area contributed by atoms with E-state index in [0.29, 0.717) is 17.5 Å². The van der Waals surface area contributed by atoms with Gasteiger partial charge in [-0.15, -0.1) is 0 Å². The van der Waals surface area contributed by atoms with Crippen LogP contribution in [0.5, 0.6) is 5.75 Å². The van der Waals surface area contributed by atoms with Gasteiger partial charge in [-0.05, 0) is 55.9 Å². The van der Waals surface area contributed by atoms with Crippen molar-refractivity contribution in [3.8, 4) is 5.75 Å². The van der Waals surface area contributed by atoms with Crippen LogP contribution in [-0.2, 0) is 41.6 Å². The lowest BCUT2D eigenvalue weighted by Gasteiger charge is -2.26. The summed E-state index contributed by atoms with van der Waals surface area (Å²) in [6, 6.07) is 7.81. The first-order chi connectivity index (χ1) is 25.0. The number of carboxylic acid groups (broad SMARTS) is 1. The predicted octanol–water partition coefficient (Wildman–Crippen LogP) is -0.847. The Morgan fingerprint density at radius 3 is 1.66 bits per heavy atom. The number of aliphatic carboxylic acids is 1. The van der Waals surface area contributed by atoms with E-state index in [4.69, 9.17) is 17.2 Å². The molecule has 0 aliphatic heterocycles. The van der Waals surface area contributed by atoms with E-state index in [-0.39, 0.29) is 49.9 Å². The molecule has 0 saturated heterocycles. The SMILES string of the molecule is CC[C@H](C)[C@H](N)C(=O)N[C@@H](C)C(=O)N[C@@H](Cc1ccc(O)cc1)C(=O)N[C@@H](Cc1ccccc1)C(=O)N[C@@H](C)C(=O)N[C@@H](CCCN=C(N)N)C(=O)O. The molecule has 5 amide bonds. The molecule has 290 valence electrons. The van der Waals surface area contributed by atoms with E-state index in [0.717, 1.165) is 0 Å². The molecule has 0 unspecified atom stereocenters. The van der Waals surface area contributed by atoms with Gasteiger partial charge in [0.1, 0.15) is 36.0 Å². The van der Waals surface area contributed by atoms with Crippen LogP contribution >= 0.6 is 0 Å². The number of carboxylic acids is 1. The van der Waals surface area contributed by atoms with Crippen LogP contribution in [0.25, 0.3) is 0 Å². The van der Waals surface area contributed by atoms with Crippen molar-refractivity contribution in [2.45, 2.75) is 96.1 Å². The summed E-state index contributed by atoms with van der Waals surface area (Å²) in [6.07, 6.45) is 0.875. The fraction of sp³-hybridized carbons (Fsp3) is 0.472. The number of hydrogen-bond acceptors (Lipinski definition) is 9. The highest BCUT2D eigenvalue weighted by Crippen LogP contribution is 2.13. The van der Waals surface area contributed by atoms with Crippen molar-refractivity contribution in [1.29, 1.82) is 0 Å². The van der Waals surface area contributed by atoms with E-state index >= 15 is 0 Å². The number of benzene rings is 2. The highest BCUT2D eigenvalue weighted by atomic mass is 16.4. The Bertz CT molecular complexity index is 1570. The van der Waals surface area contributed by atoms with Crippen LogP contribution in [0.15, 0.2) is 59.6 Å². The molecule has 0 fully saturated rings. The second-order valence-electron chi connectivity index (χ2n) is 12.9. The third-order valence-corrected chi connectivity index (χ3v) is 8.55. The van der Waals surface area contributed by atoms with Gasteiger partial charge in [-0.25, -0.2) is 4.79 Å². The molecule has 2 aromatic rings. The van der Waals surface area contributed by atoms with Gasteiger partial charge in [-0.3, -0.25) is 29.0 Å². The molecule has 0 aliphatic carbocycles. The summed E-state index contributed by atoms with van der Waals surface area (Å²) in [5, 5.41) is 32.2. The number of phenols is 1. The van der Waals surface area contributed by atoms with Crippen LogP contribution in [-0.4, -0.2) is 94.5 Å². The first-order valence-corrected chi connectivity index (χ1v) is 17.4. The van der Waals surface area contributed by atoms with Crippen LogP contribution in [0.2, 0.25) is 0 Å². The molecular weight excluding hydrogens is 686 g/mol. The van der Waals surface area contributed by atoms with E-state index in [2.05, 4.69) is 31.6 Å². The number of aromatic hydroxyl groups is 1. The van der Waals surface area contributed by atoms with Crippen LogP contribution in [0.4, 0.5) is 0 Å². The lowest BCUT2D eigenvalue weighted by Crippen LogP contribution is -2.59. The molecule has 13 N–H and O–H groups in total. The van der Waals surface area contributed by atoms with Gasteiger partial charge >= 0.3 is 5.97 Å². The average Bonchev–Trinajstić information content (AvgIpc) is 3.12. The monoisotopic (exact) mass is 739 g/mol. The minimum Gasteiger partial charge on any atom is -0.508 e. The van der Waals surface area contributed by atoms with Gasteiger partial charge in [-0.1, -0.05) is 62.7 Å². The Balaban J connectivity index is 2.27. The Morgan fingerprint density at radius 1 is 0.679 bits per heavy atom. The summed E-state index contributed by atoms with van der Waals surface area (Å²) in [7, 11) is 0. The van der Waals surface area contributed by atoms with Gasteiger partial charge in [0.25, 0.3) is 0 Å². The van der Waals surface area contributed by atoms with Crippen LogP contribution in [0.1, 0.15) is 58.1 Å². The summed E-state index contributed by atoms with van der Waals surface area (Å²) >= 11 is 0. The van der Waals surface area contributed by atoms with Gasteiger partial charge < -0.3 is 54.0 Å². The Morgan fingerprint density at radius 2 is 1.15 bits per heavy atom. The number of amides is 5. The highest BCUT2D eigenvalue weighted by Gasteiger charge is 2.31. The number of phenolic OH excluding ortho intramolecular Hbond substituents is 1. The number of nitrogens with zero attached hydrogens (tertiary/aromatic N) is 1. The van der Waals surface area contributed by atoms with Gasteiger partial charge in [0.15, 0.2) is 5.96 Å². The number of aliphatic imine (C=N–C) groups is 1. The fourth-order valence-electron chi connectivity index (χ4n) is 5.03. The molecule has 0 saturated carbocycles. The summed E-state index contributed by atoms with van der Waals surface area (Å²) < 4.78 is 0. The zero-order chi connectivity index (χ0) is 39.7. The quantitative estimate of drug-likeness (QED) is 0.0427. The number of rotatable bonds is 21. The third kappa shape index (κ3) is 15.2. The van der Waals surface area contributed by atoms with Crippen LogP contribution in [0, 0.1) is 5.92 Å². The molecule has 17 heteroatoms. The van der Waals surface area contributed by atoms with Crippen LogP contribution in [0.3, 0.4) is 0 Å². The molecule has 53 heavy (non-hydrogen) atoms. The first-order valence-electron chi connectivity index (χ1n) is 17.4. The van der Waals surface area contributed by atoms with Crippen molar-refractivity contribution in [2.24, 2.45) is 28.1 Å². The normalized spacial score (nSPS) is 14.8. The van der Waals surface area contributed by atoms with E-state index in [1.807, 2.05) is 13.8 Å². The first kappa shape index (κ1) is 43.5. The van der Waals surface area contributed by atoms with E-state index in [1.165, 1.54) is 26.0 Å². The lowest BCUT2D eigenvalue weighted by molar-refractivity contribution is -0.142. The molecule has 0 aliphatic rings. The van der Waals surface area contributed by atoms with Crippen molar-refractivity contribution in [2.75, 3.05) is 6.54 Å². The number of hydrogen-bond donors (Lipinski definition) is 10. The molecule has 2 rings (SSSR count). The molecule has 0 bridgehead atoms. The van der Waals surface area contributed by atoms with Gasteiger partial charge in [0, 0.05) is 19.4 Å². The van der Waals surface area contributed by atoms with Crippen molar-refractivity contribution in [3.63, 3.8) is 0 Å². The Labute approximate surface area is 308 Å². The number of nitrogens with one attached hydrogen (secondary N) is 5.